The molecule has 2 aromatic carbocycles. The van der Waals surface area contributed by atoms with Crippen molar-refractivity contribution in [3.8, 4) is 11.5 Å². The zero-order valence-corrected chi connectivity index (χ0v) is 17.7. The first-order valence-corrected chi connectivity index (χ1v) is 10.4. The number of hydrogen-bond donors (Lipinski definition) is 1. The number of likely N-dealkylation sites (tertiary alicyclic amines) is 1. The van der Waals surface area contributed by atoms with Crippen LogP contribution in [0, 0.1) is 10.1 Å². The monoisotopic (exact) mass is 462 g/mol. The second-order valence-electron chi connectivity index (χ2n) is 7.71. The van der Waals surface area contributed by atoms with E-state index in [-0.39, 0.29) is 29.1 Å². The number of aliphatic hydroxyl groups excluding tert-OH is 1. The van der Waals surface area contributed by atoms with Crippen LogP contribution in [0.3, 0.4) is 0 Å². The molecule has 0 aliphatic carbocycles. The molecule has 172 valence electrons. The van der Waals surface area contributed by atoms with Gasteiger partial charge in [0.1, 0.15) is 24.7 Å². The maximum absolute atomic E-state index is 13.1. The van der Waals surface area contributed by atoms with Gasteiger partial charge in [0, 0.05) is 17.7 Å². The van der Waals surface area contributed by atoms with Crippen LogP contribution in [-0.4, -0.2) is 39.8 Å². The number of aliphatic hydroxyl groups is 1. The van der Waals surface area contributed by atoms with E-state index in [9.17, 15) is 24.8 Å². The SMILES string of the molecule is O=C1C(=O)N(Cc2ccco2)[C@H](c2ccc([N+](=O)[O-])cc2)C1=C(O)c1ccc2c(c1)OCCO2. The lowest BCUT2D eigenvalue weighted by Gasteiger charge is -2.24. The number of amides is 1. The third-order valence-electron chi connectivity index (χ3n) is 5.68. The number of furan rings is 1. The zero-order valence-electron chi connectivity index (χ0n) is 17.7. The Morgan fingerprint density at radius 2 is 1.79 bits per heavy atom. The van der Waals surface area contributed by atoms with Crippen molar-refractivity contribution in [3.05, 3.63) is 93.4 Å². The summed E-state index contributed by atoms with van der Waals surface area (Å²) in [5.74, 6) is -0.727. The highest BCUT2D eigenvalue weighted by molar-refractivity contribution is 6.46. The van der Waals surface area contributed by atoms with Crippen molar-refractivity contribution in [1.29, 1.82) is 0 Å². The fraction of sp³-hybridized carbons (Fsp3) is 0.167. The molecule has 10 nitrogen and oxygen atoms in total. The molecule has 0 bridgehead atoms. The van der Waals surface area contributed by atoms with Crippen LogP contribution in [0.4, 0.5) is 5.69 Å². The molecule has 1 N–H and O–H groups in total. The van der Waals surface area contributed by atoms with Crippen molar-refractivity contribution in [2.45, 2.75) is 12.6 Å². The Morgan fingerprint density at radius 3 is 2.47 bits per heavy atom. The van der Waals surface area contributed by atoms with Crippen LogP contribution in [0.1, 0.15) is 22.9 Å². The second kappa shape index (κ2) is 8.39. The molecule has 2 aliphatic rings. The first-order valence-electron chi connectivity index (χ1n) is 10.4. The Hall–Kier alpha value is -4.60. The standard InChI is InChI=1S/C24H18N2O8/c27-22(15-5-8-18-19(12-15)34-11-10-33-18)20-21(14-3-6-16(7-4-14)26(30)31)25(24(29)23(20)28)13-17-2-1-9-32-17/h1-9,12,21,27H,10-11,13H2/t21-/m1/s1. The maximum atomic E-state index is 13.1. The summed E-state index contributed by atoms with van der Waals surface area (Å²) in [6.07, 6.45) is 1.45. The fourth-order valence-electron chi connectivity index (χ4n) is 4.08. The van der Waals surface area contributed by atoms with E-state index >= 15 is 0 Å². The van der Waals surface area contributed by atoms with E-state index in [4.69, 9.17) is 13.9 Å². The largest absolute Gasteiger partial charge is 0.507 e. The van der Waals surface area contributed by atoms with Gasteiger partial charge in [-0.3, -0.25) is 19.7 Å². The predicted molar refractivity (Wildman–Crippen MR) is 117 cm³/mol. The molecule has 1 saturated heterocycles. The number of fused-ring (bicyclic) bond motifs is 1. The molecule has 2 aliphatic heterocycles. The lowest BCUT2D eigenvalue weighted by Crippen LogP contribution is -2.29. The molecule has 34 heavy (non-hydrogen) atoms. The summed E-state index contributed by atoms with van der Waals surface area (Å²) in [5.41, 5.74) is 0.420. The number of non-ortho nitro benzene ring substituents is 1. The summed E-state index contributed by atoms with van der Waals surface area (Å²) in [6, 6.07) is 12.5. The number of Topliss-reactive ketones (excluding diaryl/α,β-unsaturated/α-hetero) is 1. The lowest BCUT2D eigenvalue weighted by molar-refractivity contribution is -0.384. The Balaban J connectivity index is 1.63. The Bertz CT molecular complexity index is 1310. The lowest BCUT2D eigenvalue weighted by atomic mass is 9.95. The molecule has 3 heterocycles. The Morgan fingerprint density at radius 1 is 1.06 bits per heavy atom. The predicted octanol–water partition coefficient (Wildman–Crippen LogP) is 3.58. The number of carbonyl (C=O) groups excluding carboxylic acids is 2. The first-order chi connectivity index (χ1) is 16.4. The molecule has 5 rings (SSSR count). The third kappa shape index (κ3) is 3.64. The van der Waals surface area contributed by atoms with E-state index in [2.05, 4.69) is 0 Å². The van der Waals surface area contributed by atoms with E-state index < -0.39 is 22.7 Å². The number of hydrogen-bond acceptors (Lipinski definition) is 8. The second-order valence-corrected chi connectivity index (χ2v) is 7.71. The summed E-state index contributed by atoms with van der Waals surface area (Å²) in [6.45, 7) is 0.709. The Kier molecular flexibility index (Phi) is 5.25. The van der Waals surface area contributed by atoms with Gasteiger partial charge in [-0.25, -0.2) is 0 Å². The van der Waals surface area contributed by atoms with E-state index in [1.807, 2.05) is 0 Å². The normalized spacial score (nSPS) is 18.8. The number of rotatable bonds is 5. The molecular weight excluding hydrogens is 444 g/mol. The zero-order chi connectivity index (χ0) is 23.8. The van der Waals surface area contributed by atoms with Crippen molar-refractivity contribution in [2.24, 2.45) is 0 Å². The summed E-state index contributed by atoms with van der Waals surface area (Å²) in [7, 11) is 0. The molecule has 0 spiro atoms. The quantitative estimate of drug-likeness (QED) is 0.200. The van der Waals surface area contributed by atoms with E-state index in [1.165, 1.54) is 41.5 Å². The summed E-state index contributed by atoms with van der Waals surface area (Å²) < 4.78 is 16.4. The van der Waals surface area contributed by atoms with Crippen molar-refractivity contribution >= 4 is 23.1 Å². The van der Waals surface area contributed by atoms with Gasteiger partial charge in [-0.15, -0.1) is 0 Å². The van der Waals surface area contributed by atoms with Gasteiger partial charge < -0.3 is 23.9 Å². The highest BCUT2D eigenvalue weighted by atomic mass is 16.6. The minimum atomic E-state index is -0.987. The highest BCUT2D eigenvalue weighted by Crippen LogP contribution is 2.42. The van der Waals surface area contributed by atoms with Crippen LogP contribution in [-0.2, 0) is 16.1 Å². The van der Waals surface area contributed by atoms with Crippen LogP contribution in [0.2, 0.25) is 0 Å². The third-order valence-corrected chi connectivity index (χ3v) is 5.68. The van der Waals surface area contributed by atoms with Gasteiger partial charge in [0.2, 0.25) is 0 Å². The number of benzene rings is 2. The van der Waals surface area contributed by atoms with Crippen LogP contribution in [0.25, 0.3) is 5.76 Å². The molecule has 1 amide bonds. The van der Waals surface area contributed by atoms with E-state index in [1.54, 1.807) is 24.3 Å². The summed E-state index contributed by atoms with van der Waals surface area (Å²) in [5, 5.41) is 22.3. The number of ether oxygens (including phenoxy) is 2. The topological polar surface area (TPSA) is 132 Å². The van der Waals surface area contributed by atoms with Gasteiger partial charge >= 0.3 is 0 Å². The fourth-order valence-corrected chi connectivity index (χ4v) is 4.08. The first kappa shape index (κ1) is 21.3. The average molecular weight is 462 g/mol. The number of nitro groups is 1. The molecule has 0 saturated carbocycles. The number of carbonyl (C=O) groups is 2. The minimum Gasteiger partial charge on any atom is -0.507 e. The van der Waals surface area contributed by atoms with Gasteiger partial charge in [0.25, 0.3) is 17.4 Å². The van der Waals surface area contributed by atoms with E-state index in [0.29, 0.717) is 36.0 Å². The number of nitro benzene ring substituents is 1. The van der Waals surface area contributed by atoms with Gasteiger partial charge in [-0.1, -0.05) is 0 Å². The van der Waals surface area contributed by atoms with Crippen molar-refractivity contribution in [2.75, 3.05) is 13.2 Å². The van der Waals surface area contributed by atoms with Crippen LogP contribution in [0.15, 0.2) is 70.9 Å². The van der Waals surface area contributed by atoms with Crippen LogP contribution >= 0.6 is 0 Å². The van der Waals surface area contributed by atoms with Crippen LogP contribution in [0.5, 0.6) is 11.5 Å². The van der Waals surface area contributed by atoms with Crippen LogP contribution < -0.4 is 9.47 Å². The molecule has 1 atom stereocenters. The van der Waals surface area contributed by atoms with Gasteiger partial charge in [-0.2, -0.15) is 0 Å². The smallest absolute Gasteiger partial charge is 0.296 e. The van der Waals surface area contributed by atoms with Crippen molar-refractivity contribution < 1.29 is 33.5 Å². The molecule has 1 fully saturated rings. The molecular formula is C24H18N2O8. The molecule has 0 radical (unpaired) electrons. The van der Waals surface area contributed by atoms with Gasteiger partial charge in [0.15, 0.2) is 11.5 Å². The van der Waals surface area contributed by atoms with Crippen molar-refractivity contribution in [1.82, 2.24) is 4.90 Å². The number of nitrogens with zero attached hydrogens (tertiary/aromatic N) is 2. The highest BCUT2D eigenvalue weighted by Gasteiger charge is 2.46. The van der Waals surface area contributed by atoms with Gasteiger partial charge in [-0.05, 0) is 48.0 Å². The molecule has 10 heteroatoms. The summed E-state index contributed by atoms with van der Waals surface area (Å²) >= 11 is 0. The minimum absolute atomic E-state index is 0.0306. The Labute approximate surface area is 192 Å². The summed E-state index contributed by atoms with van der Waals surface area (Å²) in [4.78, 5) is 37.9. The average Bonchev–Trinajstić information content (AvgIpc) is 3.46. The molecule has 1 aromatic heterocycles. The molecule has 3 aromatic rings. The van der Waals surface area contributed by atoms with Crippen molar-refractivity contribution in [3.63, 3.8) is 0 Å². The number of ketones is 1. The van der Waals surface area contributed by atoms with Gasteiger partial charge in [0.05, 0.1) is 29.3 Å². The molecule has 0 unspecified atom stereocenters. The maximum Gasteiger partial charge on any atom is 0.296 e. The van der Waals surface area contributed by atoms with E-state index in [0.717, 1.165) is 0 Å².